The minimum Gasteiger partial charge on any atom is -1.00 e. The lowest BCUT2D eigenvalue weighted by Crippen LogP contribution is -3.00. The van der Waals surface area contributed by atoms with Crippen LogP contribution in [-0.2, 0) is 0 Å². The third kappa shape index (κ3) is 1.80. The van der Waals surface area contributed by atoms with Gasteiger partial charge in [0.15, 0.2) is 6.34 Å². The highest BCUT2D eigenvalue weighted by molar-refractivity contribution is 5.48. The molecule has 9 heavy (non-hydrogen) atoms. The van der Waals surface area contributed by atoms with Gasteiger partial charge in [-0.2, -0.15) is 0 Å². The van der Waals surface area contributed by atoms with Gasteiger partial charge in [-0.1, -0.05) is 0 Å². The minimum atomic E-state index is 0. The number of rotatable bonds is 1. The monoisotopic (exact) mass is 146 g/mol. The first-order valence-electron chi connectivity index (χ1n) is 2.76. The molecule has 1 rings (SSSR count). The zero-order valence-electron chi connectivity index (χ0n) is 5.55. The van der Waals surface area contributed by atoms with Crippen molar-refractivity contribution >= 4 is 6.34 Å². The van der Waals surface area contributed by atoms with Crippen LogP contribution in [0.5, 0.6) is 0 Å². The molecular formula is C6H11ClN2. The van der Waals surface area contributed by atoms with Crippen LogP contribution in [0.4, 0.5) is 0 Å². The van der Waals surface area contributed by atoms with Crippen LogP contribution < -0.4 is 12.4 Å². The standard InChI is InChI=1S/C6H11N2.ClH/c1-3-8(2)5-4-7-6-8;/h3,6H,1,4-5H2,2H3;1H/q+1;/p-1. The molecule has 1 unspecified atom stereocenters. The number of nitrogens with zero attached hydrogens (tertiary/aromatic N) is 2. The molecule has 0 saturated heterocycles. The number of halogens is 1. The second-order valence-corrected chi connectivity index (χ2v) is 2.27. The summed E-state index contributed by atoms with van der Waals surface area (Å²) in [6.07, 6.45) is 3.82. The number of aliphatic imine (C=N–C) groups is 1. The number of hydrogen-bond acceptors (Lipinski definition) is 1. The number of quaternary nitrogens is 1. The van der Waals surface area contributed by atoms with Crippen molar-refractivity contribution in [3.63, 3.8) is 0 Å². The maximum absolute atomic E-state index is 4.08. The van der Waals surface area contributed by atoms with Gasteiger partial charge < -0.3 is 12.4 Å². The van der Waals surface area contributed by atoms with Gasteiger partial charge in [-0.25, -0.2) is 4.99 Å². The summed E-state index contributed by atoms with van der Waals surface area (Å²) >= 11 is 0. The van der Waals surface area contributed by atoms with Crippen LogP contribution in [0.2, 0.25) is 0 Å². The Labute approximate surface area is 61.9 Å². The van der Waals surface area contributed by atoms with Gasteiger partial charge >= 0.3 is 0 Å². The molecule has 0 aromatic heterocycles. The van der Waals surface area contributed by atoms with Gasteiger partial charge in [-0.05, 0) is 6.58 Å². The molecule has 1 aliphatic rings. The molecule has 0 fully saturated rings. The Hall–Kier alpha value is -0.340. The van der Waals surface area contributed by atoms with Crippen LogP contribution in [-0.4, -0.2) is 31.0 Å². The molecular weight excluding hydrogens is 136 g/mol. The quantitative estimate of drug-likeness (QED) is 0.367. The van der Waals surface area contributed by atoms with E-state index in [0.717, 1.165) is 17.6 Å². The highest BCUT2D eigenvalue weighted by Gasteiger charge is 2.18. The number of hydrogen-bond donors (Lipinski definition) is 0. The van der Waals surface area contributed by atoms with E-state index >= 15 is 0 Å². The highest BCUT2D eigenvalue weighted by Crippen LogP contribution is 2.03. The van der Waals surface area contributed by atoms with Gasteiger partial charge in [0.25, 0.3) is 0 Å². The fraction of sp³-hybridized carbons (Fsp3) is 0.500. The van der Waals surface area contributed by atoms with Crippen molar-refractivity contribution in [2.45, 2.75) is 0 Å². The predicted octanol–water partition coefficient (Wildman–Crippen LogP) is -2.38. The largest absolute Gasteiger partial charge is 1.00 e. The summed E-state index contributed by atoms with van der Waals surface area (Å²) < 4.78 is 0.792. The summed E-state index contributed by atoms with van der Waals surface area (Å²) in [5.74, 6) is 0. The molecule has 52 valence electrons. The van der Waals surface area contributed by atoms with E-state index in [1.54, 1.807) is 0 Å². The maximum Gasteiger partial charge on any atom is 0.189 e. The van der Waals surface area contributed by atoms with Gasteiger partial charge in [0, 0.05) is 0 Å². The second kappa shape index (κ2) is 2.99. The fourth-order valence-corrected chi connectivity index (χ4v) is 0.714. The average Bonchev–Trinajstić information content (AvgIpc) is 2.17. The third-order valence-corrected chi connectivity index (χ3v) is 1.47. The van der Waals surface area contributed by atoms with E-state index in [1.165, 1.54) is 0 Å². The van der Waals surface area contributed by atoms with Crippen LogP contribution in [0.25, 0.3) is 0 Å². The summed E-state index contributed by atoms with van der Waals surface area (Å²) in [5, 5.41) is 0. The molecule has 1 heterocycles. The molecule has 0 amide bonds. The Balaban J connectivity index is 0.000000640. The molecule has 0 saturated carbocycles. The Bertz CT molecular complexity index is 133. The second-order valence-electron chi connectivity index (χ2n) is 2.27. The summed E-state index contributed by atoms with van der Waals surface area (Å²) in [7, 11) is 2.09. The summed E-state index contributed by atoms with van der Waals surface area (Å²) in [4.78, 5) is 4.08. The zero-order valence-corrected chi connectivity index (χ0v) is 6.30. The molecule has 2 nitrogen and oxygen atoms in total. The van der Waals surface area contributed by atoms with Crippen LogP contribution in [0, 0.1) is 0 Å². The smallest absolute Gasteiger partial charge is 0.189 e. The van der Waals surface area contributed by atoms with E-state index in [0.29, 0.717) is 0 Å². The van der Waals surface area contributed by atoms with E-state index in [1.807, 2.05) is 12.5 Å². The molecule has 0 bridgehead atoms. The Morgan fingerprint density at radius 2 is 2.44 bits per heavy atom. The minimum absolute atomic E-state index is 0. The lowest BCUT2D eigenvalue weighted by molar-refractivity contribution is -0.750. The molecule has 0 aromatic rings. The van der Waals surface area contributed by atoms with Crippen LogP contribution in [0.3, 0.4) is 0 Å². The summed E-state index contributed by atoms with van der Waals surface area (Å²) in [5.41, 5.74) is 0. The Kier molecular flexibility index (Phi) is 2.88. The van der Waals surface area contributed by atoms with Crippen LogP contribution in [0.1, 0.15) is 0 Å². The molecule has 0 aliphatic carbocycles. The topological polar surface area (TPSA) is 12.4 Å². The molecule has 1 atom stereocenters. The SMILES string of the molecule is C=C[N+]1(C)C=NCC1.[Cl-]. The molecule has 1 aliphatic heterocycles. The summed E-state index contributed by atoms with van der Waals surface area (Å²) in [6.45, 7) is 5.72. The molecule has 0 aromatic carbocycles. The van der Waals surface area contributed by atoms with Crippen molar-refractivity contribution in [2.24, 2.45) is 4.99 Å². The number of likely N-dealkylation sites (N-methyl/N-ethyl adjacent to an activating group) is 1. The average molecular weight is 147 g/mol. The van der Waals surface area contributed by atoms with Gasteiger partial charge in [-0.3, -0.25) is 4.48 Å². The normalized spacial score (nSPS) is 31.7. The van der Waals surface area contributed by atoms with Crippen molar-refractivity contribution in [3.8, 4) is 0 Å². The van der Waals surface area contributed by atoms with Crippen molar-refractivity contribution in [1.29, 1.82) is 0 Å². The molecule has 0 spiro atoms. The lowest BCUT2D eigenvalue weighted by Gasteiger charge is -2.17. The van der Waals surface area contributed by atoms with Gasteiger partial charge in [0.05, 0.1) is 19.8 Å². The fourth-order valence-electron chi connectivity index (χ4n) is 0.714. The van der Waals surface area contributed by atoms with Crippen molar-refractivity contribution in [1.82, 2.24) is 0 Å². The van der Waals surface area contributed by atoms with E-state index in [2.05, 4.69) is 18.6 Å². The van der Waals surface area contributed by atoms with Crippen molar-refractivity contribution in [3.05, 3.63) is 12.8 Å². The van der Waals surface area contributed by atoms with Crippen molar-refractivity contribution in [2.75, 3.05) is 20.1 Å². The Morgan fingerprint density at radius 3 is 2.67 bits per heavy atom. The molecule has 0 N–H and O–H groups in total. The summed E-state index contributed by atoms with van der Waals surface area (Å²) in [6, 6.07) is 0. The van der Waals surface area contributed by atoms with Crippen LogP contribution in [0.15, 0.2) is 17.8 Å². The predicted molar refractivity (Wildman–Crippen MR) is 34.6 cm³/mol. The maximum atomic E-state index is 4.08. The first-order chi connectivity index (χ1) is 3.77. The van der Waals surface area contributed by atoms with Gasteiger partial charge in [0.1, 0.15) is 6.54 Å². The lowest BCUT2D eigenvalue weighted by atomic mass is 10.5. The first kappa shape index (κ1) is 8.66. The van der Waals surface area contributed by atoms with Crippen molar-refractivity contribution < 1.29 is 16.9 Å². The zero-order chi connectivity index (χ0) is 6.04. The van der Waals surface area contributed by atoms with E-state index < -0.39 is 0 Å². The van der Waals surface area contributed by atoms with E-state index in [4.69, 9.17) is 0 Å². The molecule has 3 heteroatoms. The highest BCUT2D eigenvalue weighted by atomic mass is 35.5. The molecule has 0 radical (unpaired) electrons. The van der Waals surface area contributed by atoms with Gasteiger partial charge in [0.2, 0.25) is 0 Å². The Morgan fingerprint density at radius 1 is 1.78 bits per heavy atom. The van der Waals surface area contributed by atoms with E-state index in [-0.39, 0.29) is 12.4 Å². The van der Waals surface area contributed by atoms with Gasteiger partial charge in [-0.15, -0.1) is 0 Å². The first-order valence-corrected chi connectivity index (χ1v) is 2.76. The van der Waals surface area contributed by atoms with E-state index in [9.17, 15) is 0 Å². The van der Waals surface area contributed by atoms with Crippen LogP contribution >= 0.6 is 0 Å². The third-order valence-electron chi connectivity index (χ3n) is 1.47.